The molecule has 0 saturated carbocycles. The first kappa shape index (κ1) is 15.0. The second kappa shape index (κ2) is 8.03. The zero-order valence-electron chi connectivity index (χ0n) is 12.7. The second-order valence-corrected chi connectivity index (χ2v) is 6.26. The van der Waals surface area contributed by atoms with E-state index in [0.29, 0.717) is 0 Å². The summed E-state index contributed by atoms with van der Waals surface area (Å²) < 4.78 is 0. The van der Waals surface area contributed by atoms with Gasteiger partial charge in [-0.2, -0.15) is 0 Å². The van der Waals surface area contributed by atoms with E-state index in [4.69, 9.17) is 0 Å². The molecule has 0 amide bonds. The molecule has 0 spiro atoms. The summed E-state index contributed by atoms with van der Waals surface area (Å²) in [5.74, 6) is 0.941. The average Bonchev–Trinajstić information content (AvgIpc) is 2.91. The quantitative estimate of drug-likeness (QED) is 0.710. The molecule has 19 heavy (non-hydrogen) atoms. The Morgan fingerprint density at radius 3 is 2.42 bits per heavy atom. The summed E-state index contributed by atoms with van der Waals surface area (Å²) in [6.45, 7) is 16.0. The van der Waals surface area contributed by atoms with Crippen molar-refractivity contribution in [2.24, 2.45) is 5.92 Å². The van der Waals surface area contributed by atoms with E-state index in [1.807, 2.05) is 0 Å². The number of piperidine rings is 1. The molecule has 2 rings (SSSR count). The fraction of sp³-hybridized carbons (Fsp3) is 0.875. The van der Waals surface area contributed by atoms with Crippen molar-refractivity contribution in [2.45, 2.75) is 32.6 Å². The van der Waals surface area contributed by atoms with Crippen molar-refractivity contribution in [3.05, 3.63) is 12.2 Å². The van der Waals surface area contributed by atoms with Gasteiger partial charge in [0.05, 0.1) is 0 Å². The van der Waals surface area contributed by atoms with E-state index in [-0.39, 0.29) is 0 Å². The smallest absolute Gasteiger partial charge is 0.0202 e. The van der Waals surface area contributed by atoms with Gasteiger partial charge in [-0.15, -0.1) is 0 Å². The Hall–Kier alpha value is -0.380. The standard InChI is InChI=1S/C16H31N3/c1-3-17-12-15(2)13-19-10-6-16(7-11-19)14-18-8-4-5-9-18/h16-17H,2-14H2,1H3. The Balaban J connectivity index is 1.60. The highest BCUT2D eigenvalue weighted by atomic mass is 15.2. The first-order valence-electron chi connectivity index (χ1n) is 8.10. The van der Waals surface area contributed by atoms with Crippen LogP contribution in [0.3, 0.4) is 0 Å². The molecule has 2 aliphatic rings. The predicted octanol–water partition coefficient (Wildman–Crippen LogP) is 1.96. The van der Waals surface area contributed by atoms with Gasteiger partial charge in [0.25, 0.3) is 0 Å². The van der Waals surface area contributed by atoms with Crippen molar-refractivity contribution >= 4 is 0 Å². The lowest BCUT2D eigenvalue weighted by molar-refractivity contribution is 0.162. The van der Waals surface area contributed by atoms with Crippen LogP contribution in [0.4, 0.5) is 0 Å². The van der Waals surface area contributed by atoms with E-state index < -0.39 is 0 Å². The molecule has 0 aromatic heterocycles. The van der Waals surface area contributed by atoms with E-state index in [1.165, 1.54) is 64.0 Å². The van der Waals surface area contributed by atoms with Crippen LogP contribution in [-0.2, 0) is 0 Å². The molecule has 2 fully saturated rings. The molecule has 2 aliphatic heterocycles. The third-order valence-electron chi connectivity index (χ3n) is 4.49. The lowest BCUT2D eigenvalue weighted by atomic mass is 9.96. The molecule has 2 heterocycles. The summed E-state index contributed by atoms with van der Waals surface area (Å²) in [4.78, 5) is 5.25. The molecule has 110 valence electrons. The maximum Gasteiger partial charge on any atom is 0.0202 e. The molecule has 3 nitrogen and oxygen atoms in total. The molecular formula is C16H31N3. The van der Waals surface area contributed by atoms with E-state index >= 15 is 0 Å². The van der Waals surface area contributed by atoms with Crippen molar-refractivity contribution in [1.82, 2.24) is 15.1 Å². The van der Waals surface area contributed by atoms with Crippen molar-refractivity contribution in [1.29, 1.82) is 0 Å². The van der Waals surface area contributed by atoms with Crippen LogP contribution in [0.15, 0.2) is 12.2 Å². The lowest BCUT2D eigenvalue weighted by Gasteiger charge is -2.34. The number of likely N-dealkylation sites (tertiary alicyclic amines) is 2. The van der Waals surface area contributed by atoms with E-state index in [2.05, 4.69) is 28.6 Å². The number of nitrogens with zero attached hydrogens (tertiary/aromatic N) is 2. The maximum absolute atomic E-state index is 4.18. The van der Waals surface area contributed by atoms with Gasteiger partial charge in [0.2, 0.25) is 0 Å². The van der Waals surface area contributed by atoms with Crippen LogP contribution < -0.4 is 5.32 Å². The van der Waals surface area contributed by atoms with Gasteiger partial charge >= 0.3 is 0 Å². The van der Waals surface area contributed by atoms with Crippen LogP contribution in [0.5, 0.6) is 0 Å². The summed E-state index contributed by atoms with van der Waals surface area (Å²) in [7, 11) is 0. The molecule has 0 unspecified atom stereocenters. The van der Waals surface area contributed by atoms with Crippen LogP contribution in [0.1, 0.15) is 32.6 Å². The molecule has 0 bridgehead atoms. The Morgan fingerprint density at radius 2 is 1.79 bits per heavy atom. The summed E-state index contributed by atoms with van der Waals surface area (Å²) in [6, 6.07) is 0. The van der Waals surface area contributed by atoms with Crippen LogP contribution in [0.2, 0.25) is 0 Å². The fourth-order valence-corrected chi connectivity index (χ4v) is 3.33. The fourth-order valence-electron chi connectivity index (χ4n) is 3.33. The molecule has 0 aliphatic carbocycles. The van der Waals surface area contributed by atoms with Crippen molar-refractivity contribution in [2.75, 3.05) is 52.4 Å². The first-order valence-corrected chi connectivity index (χ1v) is 8.10. The second-order valence-electron chi connectivity index (χ2n) is 6.26. The minimum atomic E-state index is 0.941. The maximum atomic E-state index is 4.18. The number of rotatable bonds is 7. The molecule has 0 aromatic rings. The van der Waals surface area contributed by atoms with Crippen molar-refractivity contribution < 1.29 is 0 Å². The van der Waals surface area contributed by atoms with Gasteiger partial charge in [0.15, 0.2) is 0 Å². The lowest BCUT2D eigenvalue weighted by Crippen LogP contribution is -2.39. The summed E-state index contributed by atoms with van der Waals surface area (Å²) in [6.07, 6.45) is 5.60. The topological polar surface area (TPSA) is 18.5 Å². The molecule has 0 aromatic carbocycles. The molecular weight excluding hydrogens is 234 g/mol. The van der Waals surface area contributed by atoms with E-state index in [1.54, 1.807) is 0 Å². The van der Waals surface area contributed by atoms with Crippen molar-refractivity contribution in [3.8, 4) is 0 Å². The number of nitrogens with one attached hydrogen (secondary N) is 1. The highest BCUT2D eigenvalue weighted by molar-refractivity contribution is 5.00. The molecule has 1 N–H and O–H groups in total. The minimum absolute atomic E-state index is 0.941. The van der Waals surface area contributed by atoms with Gasteiger partial charge in [0, 0.05) is 19.6 Å². The largest absolute Gasteiger partial charge is 0.313 e. The zero-order chi connectivity index (χ0) is 13.5. The highest BCUT2D eigenvalue weighted by Gasteiger charge is 2.22. The number of hydrogen-bond acceptors (Lipinski definition) is 3. The number of likely N-dealkylation sites (N-methyl/N-ethyl adjacent to an activating group) is 1. The third kappa shape index (κ3) is 5.25. The summed E-state index contributed by atoms with van der Waals surface area (Å²) >= 11 is 0. The Kier molecular flexibility index (Phi) is 6.35. The van der Waals surface area contributed by atoms with E-state index in [9.17, 15) is 0 Å². The summed E-state index contributed by atoms with van der Waals surface area (Å²) in [5.41, 5.74) is 1.33. The average molecular weight is 265 g/mol. The Labute approximate surface area is 119 Å². The monoisotopic (exact) mass is 265 g/mol. The Bertz CT molecular complexity index is 263. The molecule has 2 saturated heterocycles. The van der Waals surface area contributed by atoms with Crippen molar-refractivity contribution in [3.63, 3.8) is 0 Å². The van der Waals surface area contributed by atoms with Gasteiger partial charge in [-0.1, -0.05) is 13.5 Å². The van der Waals surface area contributed by atoms with E-state index in [0.717, 1.165) is 25.6 Å². The van der Waals surface area contributed by atoms with Crippen LogP contribution in [-0.4, -0.2) is 62.2 Å². The molecule has 0 atom stereocenters. The SMILES string of the molecule is C=C(CNCC)CN1CCC(CN2CCCC2)CC1. The normalized spacial score (nSPS) is 23.0. The van der Waals surface area contributed by atoms with Gasteiger partial charge in [-0.25, -0.2) is 0 Å². The zero-order valence-corrected chi connectivity index (χ0v) is 12.7. The first-order chi connectivity index (χ1) is 9.28. The third-order valence-corrected chi connectivity index (χ3v) is 4.49. The molecule has 3 heteroatoms. The predicted molar refractivity (Wildman–Crippen MR) is 82.5 cm³/mol. The van der Waals surface area contributed by atoms with Gasteiger partial charge in [-0.05, 0) is 69.9 Å². The molecule has 0 radical (unpaired) electrons. The number of hydrogen-bond donors (Lipinski definition) is 1. The minimum Gasteiger partial charge on any atom is -0.313 e. The highest BCUT2D eigenvalue weighted by Crippen LogP contribution is 2.20. The summed E-state index contributed by atoms with van der Waals surface area (Å²) in [5, 5.41) is 3.36. The Morgan fingerprint density at radius 1 is 1.11 bits per heavy atom. The van der Waals surface area contributed by atoms with Crippen LogP contribution >= 0.6 is 0 Å². The van der Waals surface area contributed by atoms with Crippen LogP contribution in [0.25, 0.3) is 0 Å². The van der Waals surface area contributed by atoms with Crippen LogP contribution in [0, 0.1) is 5.92 Å². The van der Waals surface area contributed by atoms with Gasteiger partial charge in [-0.3, -0.25) is 4.90 Å². The van der Waals surface area contributed by atoms with Gasteiger partial charge in [0.1, 0.15) is 0 Å². The van der Waals surface area contributed by atoms with Gasteiger partial charge < -0.3 is 10.2 Å².